The summed E-state index contributed by atoms with van der Waals surface area (Å²) in [6, 6.07) is 12.1. The number of rotatable bonds is 4. The van der Waals surface area contributed by atoms with Crippen LogP contribution in [0.4, 0.5) is 0 Å². The number of carbonyl (C=O) groups is 1. The van der Waals surface area contributed by atoms with Gasteiger partial charge in [-0.25, -0.2) is 0 Å². The van der Waals surface area contributed by atoms with E-state index in [9.17, 15) is 4.79 Å². The lowest BCUT2D eigenvalue weighted by Crippen LogP contribution is -1.88. The highest BCUT2D eigenvalue weighted by atomic mass is 35.5. The van der Waals surface area contributed by atoms with Crippen LogP contribution >= 0.6 is 11.6 Å². The molecule has 0 saturated carbocycles. The molecule has 2 heterocycles. The second kappa shape index (κ2) is 5.81. The average Bonchev–Trinajstić information content (AvgIpc) is 2.99. The zero-order chi connectivity index (χ0) is 14.7. The Bertz CT molecular complexity index is 768. The SMILES string of the molecule is O=Cc1ccc(-c2cc(Cl)ccc2Oc2cccnc2)o1. The predicted molar refractivity (Wildman–Crippen MR) is 78.9 cm³/mol. The van der Waals surface area contributed by atoms with E-state index in [1.54, 1.807) is 54.9 Å². The average molecular weight is 300 g/mol. The lowest BCUT2D eigenvalue weighted by Gasteiger charge is -2.09. The number of aromatic nitrogens is 1. The Kier molecular flexibility index (Phi) is 3.71. The van der Waals surface area contributed by atoms with E-state index in [1.165, 1.54) is 0 Å². The molecule has 1 aromatic carbocycles. The van der Waals surface area contributed by atoms with Crippen molar-refractivity contribution in [3.8, 4) is 22.8 Å². The van der Waals surface area contributed by atoms with E-state index >= 15 is 0 Å². The van der Waals surface area contributed by atoms with Gasteiger partial charge in [-0.1, -0.05) is 11.6 Å². The number of ether oxygens (including phenoxy) is 1. The summed E-state index contributed by atoms with van der Waals surface area (Å²) in [5.41, 5.74) is 0.666. The van der Waals surface area contributed by atoms with Gasteiger partial charge >= 0.3 is 0 Å². The lowest BCUT2D eigenvalue weighted by atomic mass is 10.1. The van der Waals surface area contributed by atoms with Crippen molar-refractivity contribution in [2.75, 3.05) is 0 Å². The first-order valence-corrected chi connectivity index (χ1v) is 6.57. The van der Waals surface area contributed by atoms with Crippen LogP contribution in [0.25, 0.3) is 11.3 Å². The molecule has 0 aliphatic rings. The van der Waals surface area contributed by atoms with Crippen LogP contribution in [0.1, 0.15) is 10.6 Å². The molecule has 3 aromatic rings. The van der Waals surface area contributed by atoms with Crippen molar-refractivity contribution in [3.63, 3.8) is 0 Å². The topological polar surface area (TPSA) is 52.3 Å². The van der Waals surface area contributed by atoms with Crippen molar-refractivity contribution in [2.45, 2.75) is 0 Å². The van der Waals surface area contributed by atoms with E-state index in [-0.39, 0.29) is 5.76 Å². The van der Waals surface area contributed by atoms with E-state index in [0.29, 0.717) is 34.1 Å². The maximum Gasteiger partial charge on any atom is 0.185 e. The molecule has 0 bridgehead atoms. The zero-order valence-electron chi connectivity index (χ0n) is 10.8. The predicted octanol–water partition coefficient (Wildman–Crippen LogP) is 4.60. The minimum absolute atomic E-state index is 0.248. The number of halogens is 1. The molecule has 0 aliphatic heterocycles. The molecule has 0 amide bonds. The highest BCUT2D eigenvalue weighted by Gasteiger charge is 2.12. The second-order valence-corrected chi connectivity index (χ2v) is 4.69. The fraction of sp³-hybridized carbons (Fsp3) is 0. The highest BCUT2D eigenvalue weighted by Crippen LogP contribution is 2.36. The quantitative estimate of drug-likeness (QED) is 0.661. The molecular formula is C16H10ClNO3. The van der Waals surface area contributed by atoms with Crippen LogP contribution in [-0.4, -0.2) is 11.3 Å². The largest absolute Gasteiger partial charge is 0.455 e. The summed E-state index contributed by atoms with van der Waals surface area (Å²) < 4.78 is 11.2. The molecule has 0 aliphatic carbocycles. The fourth-order valence-corrected chi connectivity index (χ4v) is 2.05. The lowest BCUT2D eigenvalue weighted by molar-refractivity contribution is 0.110. The van der Waals surface area contributed by atoms with Crippen molar-refractivity contribution in [1.82, 2.24) is 4.98 Å². The smallest absolute Gasteiger partial charge is 0.185 e. The molecule has 3 rings (SSSR count). The number of nitrogens with zero attached hydrogens (tertiary/aromatic N) is 1. The van der Waals surface area contributed by atoms with Gasteiger partial charge in [0.25, 0.3) is 0 Å². The van der Waals surface area contributed by atoms with Crippen LogP contribution in [0.3, 0.4) is 0 Å². The van der Waals surface area contributed by atoms with Gasteiger partial charge in [-0.2, -0.15) is 0 Å². The van der Waals surface area contributed by atoms with Gasteiger partial charge in [-0.15, -0.1) is 0 Å². The normalized spacial score (nSPS) is 10.3. The number of pyridine rings is 1. The van der Waals surface area contributed by atoms with Gasteiger partial charge in [0.15, 0.2) is 12.0 Å². The molecule has 104 valence electrons. The first-order valence-electron chi connectivity index (χ1n) is 6.19. The van der Waals surface area contributed by atoms with Crippen molar-refractivity contribution in [3.05, 3.63) is 65.6 Å². The molecular weight excluding hydrogens is 290 g/mol. The molecule has 5 heteroatoms. The number of furan rings is 1. The maximum atomic E-state index is 10.7. The van der Waals surface area contributed by atoms with E-state index in [4.69, 9.17) is 20.8 Å². The number of aldehydes is 1. The molecule has 0 saturated heterocycles. The van der Waals surface area contributed by atoms with Crippen molar-refractivity contribution >= 4 is 17.9 Å². The Morgan fingerprint density at radius 1 is 1.19 bits per heavy atom. The van der Waals surface area contributed by atoms with E-state index < -0.39 is 0 Å². The van der Waals surface area contributed by atoms with Gasteiger partial charge in [0.05, 0.1) is 11.8 Å². The Hall–Kier alpha value is -2.59. The van der Waals surface area contributed by atoms with Crippen LogP contribution < -0.4 is 4.74 Å². The Morgan fingerprint density at radius 3 is 2.81 bits per heavy atom. The van der Waals surface area contributed by atoms with Crippen LogP contribution in [0.2, 0.25) is 5.02 Å². The number of hydrogen-bond donors (Lipinski definition) is 0. The second-order valence-electron chi connectivity index (χ2n) is 4.25. The van der Waals surface area contributed by atoms with Crippen molar-refractivity contribution in [2.24, 2.45) is 0 Å². The van der Waals surface area contributed by atoms with Crippen LogP contribution in [0, 0.1) is 0 Å². The summed E-state index contributed by atoms with van der Waals surface area (Å²) >= 11 is 6.03. The highest BCUT2D eigenvalue weighted by molar-refractivity contribution is 6.30. The third-order valence-electron chi connectivity index (χ3n) is 2.81. The van der Waals surface area contributed by atoms with Gasteiger partial charge in [0.1, 0.15) is 17.3 Å². The molecule has 0 fully saturated rings. The first kappa shape index (κ1) is 13.4. The summed E-state index contributed by atoms with van der Waals surface area (Å²) in [5.74, 6) is 1.93. The number of carbonyl (C=O) groups excluding carboxylic acids is 1. The van der Waals surface area contributed by atoms with Crippen LogP contribution in [0.15, 0.2) is 59.3 Å². The molecule has 0 atom stereocenters. The van der Waals surface area contributed by atoms with Crippen LogP contribution in [-0.2, 0) is 0 Å². The molecule has 0 radical (unpaired) electrons. The van der Waals surface area contributed by atoms with Gasteiger partial charge < -0.3 is 9.15 Å². The fourth-order valence-electron chi connectivity index (χ4n) is 1.88. The summed E-state index contributed by atoms with van der Waals surface area (Å²) in [6.07, 6.45) is 3.92. The molecule has 0 N–H and O–H groups in total. The third kappa shape index (κ3) is 2.95. The minimum atomic E-state index is 0.248. The summed E-state index contributed by atoms with van der Waals surface area (Å²) in [5, 5.41) is 0.549. The Morgan fingerprint density at radius 2 is 2.10 bits per heavy atom. The summed E-state index contributed by atoms with van der Waals surface area (Å²) in [6.45, 7) is 0. The Balaban J connectivity index is 2.02. The number of benzene rings is 1. The third-order valence-corrected chi connectivity index (χ3v) is 3.05. The van der Waals surface area contributed by atoms with E-state index in [0.717, 1.165) is 0 Å². The van der Waals surface area contributed by atoms with Crippen molar-refractivity contribution in [1.29, 1.82) is 0 Å². The summed E-state index contributed by atoms with van der Waals surface area (Å²) in [4.78, 5) is 14.7. The minimum Gasteiger partial charge on any atom is -0.455 e. The molecule has 0 unspecified atom stereocenters. The van der Waals surface area contributed by atoms with Gasteiger partial charge in [0, 0.05) is 11.2 Å². The van der Waals surface area contributed by atoms with Gasteiger partial charge in [0.2, 0.25) is 0 Å². The molecule has 0 spiro atoms. The van der Waals surface area contributed by atoms with Gasteiger partial charge in [-0.05, 0) is 42.5 Å². The van der Waals surface area contributed by atoms with Crippen LogP contribution in [0.5, 0.6) is 11.5 Å². The Labute approximate surface area is 126 Å². The molecule has 21 heavy (non-hydrogen) atoms. The zero-order valence-corrected chi connectivity index (χ0v) is 11.6. The maximum absolute atomic E-state index is 10.7. The molecule has 2 aromatic heterocycles. The standard InChI is InChI=1S/C16H10ClNO3/c17-11-3-5-15(20-12-2-1-7-18-9-12)14(8-11)16-6-4-13(10-19)21-16/h1-10H. The monoisotopic (exact) mass is 299 g/mol. The number of hydrogen-bond acceptors (Lipinski definition) is 4. The summed E-state index contributed by atoms with van der Waals surface area (Å²) in [7, 11) is 0. The van der Waals surface area contributed by atoms with E-state index in [2.05, 4.69) is 4.98 Å². The molecule has 4 nitrogen and oxygen atoms in total. The van der Waals surface area contributed by atoms with E-state index in [1.807, 2.05) is 0 Å². The van der Waals surface area contributed by atoms with Gasteiger partial charge in [-0.3, -0.25) is 9.78 Å². The first-order chi connectivity index (χ1) is 10.3. The van der Waals surface area contributed by atoms with Crippen molar-refractivity contribution < 1.29 is 13.9 Å².